The van der Waals surface area contributed by atoms with Crippen LogP contribution in [0.25, 0.3) is 0 Å². The Balaban J connectivity index is 1.40. The molecule has 1 aliphatic heterocycles. The van der Waals surface area contributed by atoms with Crippen molar-refractivity contribution in [2.24, 2.45) is 11.8 Å². The first-order chi connectivity index (χ1) is 15.6. The Morgan fingerprint density at radius 2 is 1.67 bits per heavy atom. The second kappa shape index (κ2) is 11.5. The molecular formula is C24H44N4O4S. The summed E-state index contributed by atoms with van der Waals surface area (Å²) in [5.41, 5.74) is 3.38. The average molecular weight is 485 g/mol. The van der Waals surface area contributed by atoms with Gasteiger partial charge in [-0.3, -0.25) is 15.0 Å². The number of carbonyl (C=O) groups is 2. The van der Waals surface area contributed by atoms with Gasteiger partial charge in [0.1, 0.15) is 0 Å². The molecule has 2 aliphatic carbocycles. The first-order valence-corrected chi connectivity index (χ1v) is 14.7. The van der Waals surface area contributed by atoms with Crippen molar-refractivity contribution in [1.29, 1.82) is 0 Å². The van der Waals surface area contributed by atoms with E-state index < -0.39 is 9.84 Å². The summed E-state index contributed by atoms with van der Waals surface area (Å²) >= 11 is 0. The van der Waals surface area contributed by atoms with Crippen LogP contribution in [0.5, 0.6) is 0 Å². The van der Waals surface area contributed by atoms with Crippen LogP contribution in [0, 0.1) is 11.8 Å². The zero-order chi connectivity index (χ0) is 24.2. The fourth-order valence-electron chi connectivity index (χ4n) is 6.01. The van der Waals surface area contributed by atoms with Crippen molar-refractivity contribution < 1.29 is 18.0 Å². The van der Waals surface area contributed by atoms with Gasteiger partial charge in [0, 0.05) is 43.8 Å². The van der Waals surface area contributed by atoms with Crippen molar-refractivity contribution in [3.8, 4) is 0 Å². The predicted octanol–water partition coefficient (Wildman–Crippen LogP) is 2.45. The highest BCUT2D eigenvalue weighted by Gasteiger charge is 2.37. The van der Waals surface area contributed by atoms with Crippen molar-refractivity contribution in [2.75, 3.05) is 19.3 Å². The molecule has 1 saturated heterocycles. The summed E-state index contributed by atoms with van der Waals surface area (Å²) in [6.07, 6.45) is 7.85. The molecule has 0 bridgehead atoms. The van der Waals surface area contributed by atoms with Crippen molar-refractivity contribution in [3.05, 3.63) is 0 Å². The number of hydrogen-bond acceptors (Lipinski definition) is 6. The van der Waals surface area contributed by atoms with Crippen LogP contribution >= 0.6 is 0 Å². The van der Waals surface area contributed by atoms with Gasteiger partial charge in [0.15, 0.2) is 9.84 Å². The number of hydrazine groups is 1. The Morgan fingerprint density at radius 3 is 2.18 bits per heavy atom. The van der Waals surface area contributed by atoms with Gasteiger partial charge in [-0.05, 0) is 77.6 Å². The molecule has 3 rings (SSSR count). The van der Waals surface area contributed by atoms with E-state index in [1.807, 2.05) is 18.9 Å². The number of sulfone groups is 1. The molecule has 0 aromatic rings. The molecular weight excluding hydrogens is 440 g/mol. The average Bonchev–Trinajstić information content (AvgIpc) is 3.12. The van der Waals surface area contributed by atoms with Gasteiger partial charge in [-0.1, -0.05) is 6.92 Å². The smallest absolute Gasteiger partial charge is 0.226 e. The summed E-state index contributed by atoms with van der Waals surface area (Å²) in [6.45, 7) is 6.61. The lowest BCUT2D eigenvalue weighted by Gasteiger charge is -2.37. The summed E-state index contributed by atoms with van der Waals surface area (Å²) in [6, 6.07) is 0.517. The standard InChI is InChI=1S/C24H44N4O4S/c1-5-28(23-15-17(3)26-27(23)4)24(30)19-9-11-20(12-10-19)25-22(29)16-18-7-13-21(14-8-18)33(31,32)6-2/h17-21,23,26H,5-16H2,1-4H3,(H,25,29). The van der Waals surface area contributed by atoms with Gasteiger partial charge in [0.05, 0.1) is 11.4 Å². The zero-order valence-electron chi connectivity index (χ0n) is 20.9. The van der Waals surface area contributed by atoms with E-state index in [1.54, 1.807) is 6.92 Å². The Bertz CT molecular complexity index is 773. The topological polar surface area (TPSA) is 98.8 Å². The Labute approximate surface area is 200 Å². The minimum absolute atomic E-state index is 0.0400. The third-order valence-corrected chi connectivity index (χ3v) is 10.3. The quantitative estimate of drug-likeness (QED) is 0.549. The van der Waals surface area contributed by atoms with Gasteiger partial charge >= 0.3 is 0 Å². The van der Waals surface area contributed by atoms with Crippen LogP contribution in [0.1, 0.15) is 85.0 Å². The van der Waals surface area contributed by atoms with Crippen LogP contribution in [0.2, 0.25) is 0 Å². The molecule has 1 heterocycles. The minimum atomic E-state index is -2.97. The summed E-state index contributed by atoms with van der Waals surface area (Å²) < 4.78 is 24.1. The molecule has 0 aromatic carbocycles. The van der Waals surface area contributed by atoms with E-state index in [2.05, 4.69) is 22.7 Å². The van der Waals surface area contributed by atoms with E-state index in [0.29, 0.717) is 31.8 Å². The van der Waals surface area contributed by atoms with Gasteiger partial charge in [-0.15, -0.1) is 0 Å². The largest absolute Gasteiger partial charge is 0.353 e. The van der Waals surface area contributed by atoms with Crippen molar-refractivity contribution in [1.82, 2.24) is 20.7 Å². The highest BCUT2D eigenvalue weighted by atomic mass is 32.2. The number of nitrogens with one attached hydrogen (secondary N) is 2. The number of nitrogens with zero attached hydrogens (tertiary/aromatic N) is 2. The lowest BCUT2D eigenvalue weighted by atomic mass is 9.84. The van der Waals surface area contributed by atoms with Crippen molar-refractivity contribution in [2.45, 2.75) is 108 Å². The van der Waals surface area contributed by atoms with Gasteiger partial charge in [0.2, 0.25) is 11.8 Å². The zero-order valence-corrected chi connectivity index (χ0v) is 21.7. The Hall–Kier alpha value is -1.19. The molecule has 33 heavy (non-hydrogen) atoms. The van der Waals surface area contributed by atoms with E-state index in [-0.39, 0.29) is 46.9 Å². The van der Waals surface area contributed by atoms with E-state index in [9.17, 15) is 18.0 Å². The highest BCUT2D eigenvalue weighted by molar-refractivity contribution is 7.92. The molecule has 9 heteroatoms. The monoisotopic (exact) mass is 484 g/mol. The first-order valence-electron chi connectivity index (χ1n) is 12.9. The van der Waals surface area contributed by atoms with E-state index in [4.69, 9.17) is 0 Å². The molecule has 2 amide bonds. The summed E-state index contributed by atoms with van der Waals surface area (Å²) in [5.74, 6) is 0.849. The fourth-order valence-corrected chi connectivity index (χ4v) is 7.47. The molecule has 2 unspecified atom stereocenters. The molecule has 0 aromatic heterocycles. The van der Waals surface area contributed by atoms with Crippen molar-refractivity contribution in [3.63, 3.8) is 0 Å². The maximum Gasteiger partial charge on any atom is 0.226 e. The molecule has 2 saturated carbocycles. The molecule has 8 nitrogen and oxygen atoms in total. The molecule has 2 N–H and O–H groups in total. The van der Waals surface area contributed by atoms with Crippen molar-refractivity contribution >= 4 is 21.7 Å². The minimum Gasteiger partial charge on any atom is -0.353 e. The van der Waals surface area contributed by atoms with Gasteiger partial charge < -0.3 is 10.2 Å². The molecule has 0 radical (unpaired) electrons. The molecule has 3 fully saturated rings. The van der Waals surface area contributed by atoms with E-state index in [0.717, 1.165) is 44.9 Å². The number of rotatable bonds is 8. The second-order valence-electron chi connectivity index (χ2n) is 10.4. The maximum atomic E-state index is 13.2. The van der Waals surface area contributed by atoms with E-state index in [1.165, 1.54) is 0 Å². The number of hydrogen-bond donors (Lipinski definition) is 2. The fraction of sp³-hybridized carbons (Fsp3) is 0.917. The van der Waals surface area contributed by atoms with Crippen LogP contribution in [0.3, 0.4) is 0 Å². The second-order valence-corrected chi connectivity index (χ2v) is 13.0. The maximum absolute atomic E-state index is 13.2. The van der Waals surface area contributed by atoms with Crippen LogP contribution in [0.15, 0.2) is 0 Å². The SMILES string of the molecule is CCN(C(=O)C1CCC(NC(=O)CC2CCC(S(=O)(=O)CC)CC2)CC1)C1CC(C)NN1C. The summed E-state index contributed by atoms with van der Waals surface area (Å²) in [7, 11) is -0.960. The van der Waals surface area contributed by atoms with Crippen LogP contribution in [-0.4, -0.2) is 73.0 Å². The molecule has 2 atom stereocenters. The number of carbonyl (C=O) groups excluding carboxylic acids is 2. The van der Waals surface area contributed by atoms with Crippen LogP contribution in [0.4, 0.5) is 0 Å². The molecule has 3 aliphatic rings. The van der Waals surface area contributed by atoms with Gasteiger partial charge in [-0.2, -0.15) is 0 Å². The van der Waals surface area contributed by atoms with Crippen LogP contribution in [-0.2, 0) is 19.4 Å². The normalized spacial score (nSPS) is 33.6. The third-order valence-electron chi connectivity index (χ3n) is 8.04. The lowest BCUT2D eigenvalue weighted by Crippen LogP contribution is -2.51. The first kappa shape index (κ1) is 26.4. The Kier molecular flexibility index (Phi) is 9.20. The Morgan fingerprint density at radius 1 is 1.03 bits per heavy atom. The predicted molar refractivity (Wildman–Crippen MR) is 130 cm³/mol. The van der Waals surface area contributed by atoms with E-state index >= 15 is 0 Å². The van der Waals surface area contributed by atoms with Gasteiger partial charge in [-0.25, -0.2) is 13.4 Å². The third kappa shape index (κ3) is 6.69. The molecule has 190 valence electrons. The highest BCUT2D eigenvalue weighted by Crippen LogP contribution is 2.32. The lowest BCUT2D eigenvalue weighted by molar-refractivity contribution is -0.142. The van der Waals surface area contributed by atoms with Gasteiger partial charge in [0.25, 0.3) is 0 Å². The molecule has 0 spiro atoms. The number of amides is 2. The van der Waals surface area contributed by atoms with Crippen LogP contribution < -0.4 is 10.7 Å². The summed E-state index contributed by atoms with van der Waals surface area (Å²) in [5, 5.41) is 5.03. The summed E-state index contributed by atoms with van der Waals surface area (Å²) in [4.78, 5) is 27.8.